The summed E-state index contributed by atoms with van der Waals surface area (Å²) in [6.07, 6.45) is 0. The number of halogens is 9. The molecular weight excluding hydrogens is 453 g/mol. The van der Waals surface area contributed by atoms with Crippen LogP contribution in [0.3, 0.4) is 0 Å². The second-order valence-corrected chi connectivity index (χ2v) is 6.81. The number of carbonyl (C=O) groups excluding carboxylic acids is 2. The summed E-state index contributed by atoms with van der Waals surface area (Å²) in [6, 6.07) is 0. The van der Waals surface area contributed by atoms with Crippen LogP contribution in [0.25, 0.3) is 10.8 Å². The Hall–Kier alpha value is -3.04. The quantitative estimate of drug-likeness (QED) is 0.174. The van der Waals surface area contributed by atoms with Crippen LogP contribution in [0.15, 0.2) is 0 Å². The maximum Gasteiger partial charge on any atom is 0.534 e. The van der Waals surface area contributed by atoms with Crippen LogP contribution in [0.5, 0.6) is 5.75 Å². The number of carbonyl (C=O) groups is 2. The van der Waals surface area contributed by atoms with E-state index in [0.717, 1.165) is 0 Å². The molecule has 0 aromatic heterocycles. The van der Waals surface area contributed by atoms with Crippen molar-refractivity contribution >= 4 is 32.7 Å². The summed E-state index contributed by atoms with van der Waals surface area (Å²) in [6.45, 7) is 0. The topological polar surface area (TPSA) is 80.8 Å². The lowest BCUT2D eigenvalue weighted by molar-refractivity contribution is -0.0501. The summed E-state index contributed by atoms with van der Waals surface area (Å²) in [5, 5.41) is -5.25. The van der Waals surface area contributed by atoms with Crippen molar-refractivity contribution in [2.75, 3.05) is 0 Å². The molecule has 16 heteroatoms. The fourth-order valence-electron chi connectivity index (χ4n) is 2.48. The Bertz CT molecular complexity index is 1240. The van der Waals surface area contributed by atoms with Gasteiger partial charge in [-0.3, -0.25) is 9.59 Å². The Balaban J connectivity index is 2.59. The van der Waals surface area contributed by atoms with Gasteiger partial charge in [-0.2, -0.15) is 26.0 Å². The molecule has 0 N–H and O–H groups in total. The zero-order valence-electron chi connectivity index (χ0n) is 12.8. The van der Waals surface area contributed by atoms with Crippen molar-refractivity contribution in [3.8, 4) is 5.75 Å². The monoisotopic (exact) mass is 453 g/mol. The van der Waals surface area contributed by atoms with Crippen molar-refractivity contribution in [2.45, 2.75) is 5.51 Å². The largest absolute Gasteiger partial charge is 0.534 e. The van der Waals surface area contributed by atoms with Crippen LogP contribution in [0, 0.1) is 29.1 Å². The van der Waals surface area contributed by atoms with Crippen LogP contribution in [0.1, 0.15) is 20.7 Å². The van der Waals surface area contributed by atoms with Crippen molar-refractivity contribution in [1.29, 1.82) is 0 Å². The van der Waals surface area contributed by atoms with Crippen molar-refractivity contribution in [2.24, 2.45) is 0 Å². The standard InChI is InChI=1S/C13F9NO5S/c14-5-2-1-3(7(16)8(5)17)11(24)23(22)12(25)4(1)10(9(18)6(2)15)28-29(26,27)13(19,20)21. The fourth-order valence-corrected chi connectivity index (χ4v) is 2.95. The highest BCUT2D eigenvalue weighted by atomic mass is 32.2. The first kappa shape index (κ1) is 20.7. The van der Waals surface area contributed by atoms with Crippen LogP contribution in [-0.2, 0) is 10.1 Å². The highest BCUT2D eigenvalue weighted by Crippen LogP contribution is 2.44. The molecule has 0 unspecified atom stereocenters. The average Bonchev–Trinajstić information content (AvgIpc) is 2.60. The third-order valence-electron chi connectivity index (χ3n) is 3.67. The second-order valence-electron chi connectivity index (χ2n) is 5.27. The molecule has 2 amide bonds. The summed E-state index contributed by atoms with van der Waals surface area (Å²) in [5.41, 5.74) is -10.2. The van der Waals surface area contributed by atoms with Gasteiger partial charge in [0.1, 0.15) is 0 Å². The minimum Gasteiger partial charge on any atom is -0.372 e. The van der Waals surface area contributed by atoms with Crippen LogP contribution >= 0.6 is 0 Å². The van der Waals surface area contributed by atoms with E-state index in [2.05, 4.69) is 4.18 Å². The third-order valence-corrected chi connectivity index (χ3v) is 4.63. The van der Waals surface area contributed by atoms with Crippen LogP contribution in [-0.4, -0.2) is 30.9 Å². The number of rotatable bonds is 2. The van der Waals surface area contributed by atoms with E-state index in [1.165, 1.54) is 0 Å². The van der Waals surface area contributed by atoms with Gasteiger partial charge >= 0.3 is 15.6 Å². The lowest BCUT2D eigenvalue weighted by Crippen LogP contribution is -2.37. The Morgan fingerprint density at radius 3 is 1.72 bits per heavy atom. The van der Waals surface area contributed by atoms with Gasteiger partial charge in [0.15, 0.2) is 29.0 Å². The molecule has 0 spiro atoms. The Kier molecular flexibility index (Phi) is 4.26. The Morgan fingerprint density at radius 1 is 0.724 bits per heavy atom. The summed E-state index contributed by atoms with van der Waals surface area (Å²) < 4.78 is 147. The van der Waals surface area contributed by atoms with Gasteiger partial charge in [-0.05, 0) is 0 Å². The van der Waals surface area contributed by atoms with Gasteiger partial charge in [0.25, 0.3) is 11.8 Å². The number of hydrogen-bond acceptors (Lipinski definition) is 5. The van der Waals surface area contributed by atoms with E-state index in [1.807, 2.05) is 0 Å². The molecule has 1 heterocycles. The zero-order valence-corrected chi connectivity index (χ0v) is 13.6. The fraction of sp³-hybridized carbons (Fsp3) is 0.0769. The summed E-state index contributed by atoms with van der Waals surface area (Å²) in [4.78, 5) is 23.6. The third kappa shape index (κ3) is 2.61. The highest BCUT2D eigenvalue weighted by molar-refractivity contribution is 7.88. The van der Waals surface area contributed by atoms with Gasteiger partial charge in [-0.15, -0.1) is 5.12 Å². The molecular formula is C13F9NO5S. The molecule has 0 atom stereocenters. The molecule has 2 aromatic rings. The molecule has 3 rings (SSSR count). The molecule has 2 aromatic carbocycles. The molecule has 0 aliphatic carbocycles. The number of alkyl halides is 3. The summed E-state index contributed by atoms with van der Waals surface area (Å²) in [7, 11) is -6.81. The van der Waals surface area contributed by atoms with E-state index in [9.17, 15) is 57.6 Å². The number of imide groups is 1. The first-order valence-corrected chi connectivity index (χ1v) is 8.10. The molecule has 0 bridgehead atoms. The molecule has 156 valence electrons. The first-order valence-electron chi connectivity index (χ1n) is 6.69. The highest BCUT2D eigenvalue weighted by Gasteiger charge is 2.51. The molecule has 1 aliphatic heterocycles. The lowest BCUT2D eigenvalue weighted by Gasteiger charge is -2.24. The molecule has 6 nitrogen and oxygen atoms in total. The van der Waals surface area contributed by atoms with E-state index in [-0.39, 0.29) is 0 Å². The van der Waals surface area contributed by atoms with Crippen molar-refractivity contribution in [3.05, 3.63) is 40.2 Å². The zero-order chi connectivity index (χ0) is 22.2. The van der Waals surface area contributed by atoms with E-state index in [1.54, 1.807) is 0 Å². The Morgan fingerprint density at radius 2 is 1.21 bits per heavy atom. The summed E-state index contributed by atoms with van der Waals surface area (Å²) >= 11 is 0. The average molecular weight is 453 g/mol. The van der Waals surface area contributed by atoms with Gasteiger partial charge in [0, 0.05) is 5.39 Å². The minimum absolute atomic E-state index is 1.57. The number of nitrogens with zero attached hydrogens (tertiary/aromatic N) is 1. The summed E-state index contributed by atoms with van der Waals surface area (Å²) in [5.74, 6) is -20.3. The van der Waals surface area contributed by atoms with E-state index < -0.39 is 89.3 Å². The molecule has 0 saturated heterocycles. The normalized spacial score (nSPS) is 14.7. The van der Waals surface area contributed by atoms with E-state index in [4.69, 9.17) is 0 Å². The van der Waals surface area contributed by atoms with Gasteiger partial charge in [0.05, 0.1) is 16.5 Å². The second kappa shape index (κ2) is 5.98. The van der Waals surface area contributed by atoms with Gasteiger partial charge < -0.3 is 4.18 Å². The lowest BCUT2D eigenvalue weighted by atomic mass is 9.92. The number of hydrogen-bond donors (Lipinski definition) is 0. The predicted octanol–water partition coefficient (Wildman–Crippen LogP) is 3.24. The van der Waals surface area contributed by atoms with Gasteiger partial charge in [0.2, 0.25) is 5.82 Å². The molecule has 29 heavy (non-hydrogen) atoms. The van der Waals surface area contributed by atoms with E-state index in [0.29, 0.717) is 0 Å². The van der Waals surface area contributed by atoms with Gasteiger partial charge in [-0.25, -0.2) is 17.6 Å². The van der Waals surface area contributed by atoms with E-state index >= 15 is 0 Å². The molecule has 0 saturated carbocycles. The number of amides is 2. The smallest absolute Gasteiger partial charge is 0.372 e. The van der Waals surface area contributed by atoms with Crippen molar-refractivity contribution < 1.29 is 61.8 Å². The maximum absolute atomic E-state index is 14.2. The van der Waals surface area contributed by atoms with Gasteiger partial charge in [-0.1, -0.05) is 4.48 Å². The molecule has 0 radical (unpaired) electrons. The van der Waals surface area contributed by atoms with Crippen LogP contribution < -0.4 is 4.18 Å². The number of benzene rings is 2. The molecule has 0 fully saturated rings. The van der Waals surface area contributed by atoms with Crippen molar-refractivity contribution in [3.63, 3.8) is 0 Å². The molecule has 1 aliphatic rings. The SMILES string of the molecule is O=C1c2c(F)c(F)c(F)c3c(F)c(F)c(OS(=O)(=O)C(F)(F)F)c(c23)C(=O)N1F. The minimum atomic E-state index is -6.81. The van der Waals surface area contributed by atoms with Crippen LogP contribution in [0.2, 0.25) is 0 Å². The predicted molar refractivity (Wildman–Crippen MR) is 70.9 cm³/mol. The van der Waals surface area contributed by atoms with Crippen LogP contribution in [0.4, 0.5) is 39.6 Å². The first-order chi connectivity index (χ1) is 13.1. The Labute approximate surface area is 152 Å². The maximum atomic E-state index is 14.2. The van der Waals surface area contributed by atoms with Crippen molar-refractivity contribution in [1.82, 2.24) is 5.12 Å².